The second-order valence-corrected chi connectivity index (χ2v) is 6.13. The molecule has 0 amide bonds. The smallest absolute Gasteiger partial charge is 0.216 e. The van der Waals surface area contributed by atoms with Crippen LogP contribution in [0.3, 0.4) is 0 Å². The van der Waals surface area contributed by atoms with Crippen LogP contribution >= 0.6 is 0 Å². The van der Waals surface area contributed by atoms with Gasteiger partial charge in [0.15, 0.2) is 0 Å². The van der Waals surface area contributed by atoms with E-state index in [0.29, 0.717) is 19.7 Å². The number of hydrogen-bond donors (Lipinski definition) is 1. The standard InChI is InChI=1S/C10H21NO4S/c1-2-15-7-8-16(13,14)11-5-3-10(9-12)4-6-11/h10,12H,2-9H2,1H3. The molecule has 0 bridgehead atoms. The van der Waals surface area contributed by atoms with Crippen molar-refractivity contribution in [2.45, 2.75) is 19.8 Å². The second kappa shape index (κ2) is 6.54. The number of nitrogens with zero attached hydrogens (tertiary/aromatic N) is 1. The Labute approximate surface area is 97.4 Å². The molecule has 0 aromatic heterocycles. The van der Waals surface area contributed by atoms with Crippen molar-refractivity contribution in [1.29, 1.82) is 0 Å². The van der Waals surface area contributed by atoms with Crippen LogP contribution in [0.15, 0.2) is 0 Å². The Morgan fingerprint density at radius 3 is 2.50 bits per heavy atom. The Kier molecular flexibility index (Phi) is 5.68. The minimum atomic E-state index is -3.16. The minimum absolute atomic E-state index is 0.0602. The van der Waals surface area contributed by atoms with E-state index in [2.05, 4.69) is 0 Å². The van der Waals surface area contributed by atoms with E-state index in [0.717, 1.165) is 12.8 Å². The minimum Gasteiger partial charge on any atom is -0.396 e. The lowest BCUT2D eigenvalue weighted by molar-refractivity contribution is 0.157. The first kappa shape index (κ1) is 13.9. The molecule has 0 radical (unpaired) electrons. The number of rotatable bonds is 6. The number of sulfonamides is 1. The van der Waals surface area contributed by atoms with Gasteiger partial charge in [-0.15, -0.1) is 0 Å². The van der Waals surface area contributed by atoms with Gasteiger partial charge in [0.25, 0.3) is 0 Å². The fourth-order valence-corrected chi connectivity index (χ4v) is 3.16. The summed E-state index contributed by atoms with van der Waals surface area (Å²) in [4.78, 5) is 0. The van der Waals surface area contributed by atoms with Crippen LogP contribution in [0, 0.1) is 5.92 Å². The van der Waals surface area contributed by atoms with E-state index >= 15 is 0 Å². The summed E-state index contributed by atoms with van der Waals surface area (Å²) in [7, 11) is -3.16. The molecule has 0 aliphatic carbocycles. The lowest BCUT2D eigenvalue weighted by Crippen LogP contribution is -2.41. The van der Waals surface area contributed by atoms with Gasteiger partial charge in [0.1, 0.15) is 0 Å². The van der Waals surface area contributed by atoms with Crippen LogP contribution in [-0.2, 0) is 14.8 Å². The summed E-state index contributed by atoms with van der Waals surface area (Å²) in [6.07, 6.45) is 1.51. The van der Waals surface area contributed by atoms with Crippen molar-refractivity contribution in [3.8, 4) is 0 Å². The van der Waals surface area contributed by atoms with Crippen LogP contribution in [0.2, 0.25) is 0 Å². The Bertz CT molecular complexity index is 283. The van der Waals surface area contributed by atoms with E-state index in [-0.39, 0.29) is 24.9 Å². The Morgan fingerprint density at radius 2 is 2.00 bits per heavy atom. The van der Waals surface area contributed by atoms with Gasteiger partial charge in [-0.1, -0.05) is 0 Å². The van der Waals surface area contributed by atoms with Gasteiger partial charge < -0.3 is 9.84 Å². The van der Waals surface area contributed by atoms with Gasteiger partial charge in [-0.25, -0.2) is 12.7 Å². The molecule has 0 unspecified atom stereocenters. The number of piperidine rings is 1. The summed E-state index contributed by atoms with van der Waals surface area (Å²) in [5, 5.41) is 8.97. The number of hydrogen-bond acceptors (Lipinski definition) is 4. The molecule has 1 aliphatic rings. The van der Waals surface area contributed by atoms with Gasteiger partial charge >= 0.3 is 0 Å². The largest absolute Gasteiger partial charge is 0.396 e. The molecular formula is C10H21NO4S. The average molecular weight is 251 g/mol. The van der Waals surface area contributed by atoms with Crippen molar-refractivity contribution in [2.75, 3.05) is 38.7 Å². The lowest BCUT2D eigenvalue weighted by atomic mass is 10.00. The summed E-state index contributed by atoms with van der Waals surface area (Å²) >= 11 is 0. The highest BCUT2D eigenvalue weighted by atomic mass is 32.2. The predicted octanol–water partition coefficient (Wildman–Crippen LogP) is 0.0570. The molecule has 1 heterocycles. The van der Waals surface area contributed by atoms with Crippen LogP contribution in [0.1, 0.15) is 19.8 Å². The fraction of sp³-hybridized carbons (Fsp3) is 1.00. The quantitative estimate of drug-likeness (QED) is 0.678. The maximum absolute atomic E-state index is 11.8. The fourth-order valence-electron chi connectivity index (χ4n) is 1.81. The van der Waals surface area contributed by atoms with E-state index in [4.69, 9.17) is 9.84 Å². The van der Waals surface area contributed by atoms with E-state index in [1.54, 1.807) is 0 Å². The summed E-state index contributed by atoms with van der Waals surface area (Å²) in [5.41, 5.74) is 0. The van der Waals surface area contributed by atoms with Crippen LogP contribution in [0.4, 0.5) is 0 Å². The third-order valence-electron chi connectivity index (χ3n) is 2.91. The van der Waals surface area contributed by atoms with Crippen molar-refractivity contribution in [1.82, 2.24) is 4.31 Å². The molecule has 1 N–H and O–H groups in total. The van der Waals surface area contributed by atoms with E-state index in [9.17, 15) is 8.42 Å². The third-order valence-corrected chi connectivity index (χ3v) is 4.75. The highest BCUT2D eigenvalue weighted by molar-refractivity contribution is 7.89. The van der Waals surface area contributed by atoms with Crippen molar-refractivity contribution < 1.29 is 18.3 Å². The van der Waals surface area contributed by atoms with Gasteiger partial charge in [-0.3, -0.25) is 0 Å². The van der Waals surface area contributed by atoms with E-state index < -0.39 is 10.0 Å². The second-order valence-electron chi connectivity index (χ2n) is 4.04. The molecule has 1 aliphatic heterocycles. The van der Waals surface area contributed by atoms with E-state index in [1.807, 2.05) is 6.92 Å². The van der Waals surface area contributed by atoms with Gasteiger partial charge in [0.05, 0.1) is 12.4 Å². The monoisotopic (exact) mass is 251 g/mol. The third kappa shape index (κ3) is 4.01. The molecule has 0 atom stereocenters. The molecule has 1 fully saturated rings. The first-order chi connectivity index (χ1) is 7.60. The molecule has 96 valence electrons. The zero-order chi connectivity index (χ0) is 12.0. The topological polar surface area (TPSA) is 66.8 Å². The summed E-state index contributed by atoms with van der Waals surface area (Å²) < 4.78 is 30.2. The van der Waals surface area contributed by atoms with Crippen LogP contribution in [-0.4, -0.2) is 56.5 Å². The van der Waals surface area contributed by atoms with Crippen LogP contribution in [0.5, 0.6) is 0 Å². The highest BCUT2D eigenvalue weighted by Gasteiger charge is 2.27. The molecule has 1 saturated heterocycles. The molecule has 0 saturated carbocycles. The van der Waals surface area contributed by atoms with Gasteiger partial charge in [0, 0.05) is 26.3 Å². The average Bonchev–Trinajstić information content (AvgIpc) is 2.29. The highest BCUT2D eigenvalue weighted by Crippen LogP contribution is 2.19. The summed E-state index contributed by atoms with van der Waals surface area (Å²) in [5.74, 6) is 0.323. The molecule has 6 heteroatoms. The maximum Gasteiger partial charge on any atom is 0.216 e. The SMILES string of the molecule is CCOCCS(=O)(=O)N1CCC(CO)CC1. The normalized spacial score (nSPS) is 20.1. The maximum atomic E-state index is 11.8. The Hall–Kier alpha value is -0.170. The molecule has 5 nitrogen and oxygen atoms in total. The van der Waals surface area contributed by atoms with Gasteiger partial charge in [-0.2, -0.15) is 0 Å². The molecule has 0 aromatic rings. The number of aliphatic hydroxyl groups excluding tert-OH is 1. The molecule has 16 heavy (non-hydrogen) atoms. The first-order valence-electron chi connectivity index (χ1n) is 5.76. The van der Waals surface area contributed by atoms with Crippen molar-refractivity contribution in [3.63, 3.8) is 0 Å². The van der Waals surface area contributed by atoms with Crippen LogP contribution < -0.4 is 0 Å². The molecular weight excluding hydrogens is 230 g/mol. The zero-order valence-corrected chi connectivity index (χ0v) is 10.6. The first-order valence-corrected chi connectivity index (χ1v) is 7.37. The molecule has 0 spiro atoms. The van der Waals surface area contributed by atoms with Crippen molar-refractivity contribution in [2.24, 2.45) is 5.92 Å². The predicted molar refractivity (Wildman–Crippen MR) is 61.7 cm³/mol. The van der Waals surface area contributed by atoms with Crippen molar-refractivity contribution >= 4 is 10.0 Å². The van der Waals surface area contributed by atoms with Crippen molar-refractivity contribution in [3.05, 3.63) is 0 Å². The summed E-state index contributed by atoms with van der Waals surface area (Å²) in [6, 6.07) is 0. The van der Waals surface area contributed by atoms with Gasteiger partial charge in [-0.05, 0) is 25.7 Å². The molecule has 1 rings (SSSR count). The van der Waals surface area contributed by atoms with Gasteiger partial charge in [0.2, 0.25) is 10.0 Å². The zero-order valence-electron chi connectivity index (χ0n) is 9.76. The Morgan fingerprint density at radius 1 is 1.38 bits per heavy atom. The summed E-state index contributed by atoms with van der Waals surface area (Å²) in [6.45, 7) is 3.87. The van der Waals surface area contributed by atoms with E-state index in [1.165, 1.54) is 4.31 Å². The lowest BCUT2D eigenvalue weighted by Gasteiger charge is -2.30. The Balaban J connectivity index is 2.39. The van der Waals surface area contributed by atoms with Crippen LogP contribution in [0.25, 0.3) is 0 Å². The molecule has 0 aromatic carbocycles. The number of ether oxygens (including phenoxy) is 1. The number of aliphatic hydroxyl groups is 1.